The largest absolute Gasteiger partial charge is 0.396 e. The van der Waals surface area contributed by atoms with Gasteiger partial charge in [-0.2, -0.15) is 0 Å². The van der Waals surface area contributed by atoms with Gasteiger partial charge >= 0.3 is 0 Å². The molecule has 0 spiro atoms. The first-order chi connectivity index (χ1) is 8.06. The molecule has 0 heterocycles. The molecule has 96 valence electrons. The smallest absolute Gasteiger partial charge is 0.126 e. The lowest BCUT2D eigenvalue weighted by Gasteiger charge is -2.30. The van der Waals surface area contributed by atoms with Gasteiger partial charge in [0.1, 0.15) is 5.82 Å². The Labute approximate surface area is 103 Å². The van der Waals surface area contributed by atoms with Gasteiger partial charge in [-0.1, -0.05) is 13.8 Å². The summed E-state index contributed by atoms with van der Waals surface area (Å²) < 4.78 is 13.1. The van der Waals surface area contributed by atoms with Gasteiger partial charge < -0.3 is 10.4 Å². The summed E-state index contributed by atoms with van der Waals surface area (Å²) in [5, 5.41) is 12.7. The van der Waals surface area contributed by atoms with Crippen molar-refractivity contribution < 1.29 is 9.50 Å². The Bertz CT molecular complexity index is 353. The summed E-state index contributed by atoms with van der Waals surface area (Å²) in [6, 6.07) is 4.99. The molecule has 2 nitrogen and oxygen atoms in total. The van der Waals surface area contributed by atoms with Crippen LogP contribution in [0.25, 0.3) is 0 Å². The minimum atomic E-state index is -0.185. The highest BCUT2D eigenvalue weighted by Gasteiger charge is 2.24. The van der Waals surface area contributed by atoms with Gasteiger partial charge in [0.25, 0.3) is 0 Å². The SMILES string of the molecule is CCC(CC)(CO)CNc1ccc(F)c(C)c1. The van der Waals surface area contributed by atoms with Crippen molar-refractivity contribution in [2.24, 2.45) is 5.41 Å². The maximum absolute atomic E-state index is 13.1. The van der Waals surface area contributed by atoms with E-state index in [0.29, 0.717) is 12.1 Å². The minimum Gasteiger partial charge on any atom is -0.396 e. The molecule has 0 unspecified atom stereocenters. The van der Waals surface area contributed by atoms with Crippen LogP contribution in [0.1, 0.15) is 32.3 Å². The Kier molecular flexibility index (Phi) is 4.94. The zero-order chi connectivity index (χ0) is 12.9. The molecule has 17 heavy (non-hydrogen) atoms. The van der Waals surface area contributed by atoms with E-state index < -0.39 is 0 Å². The molecule has 0 saturated carbocycles. The maximum Gasteiger partial charge on any atom is 0.126 e. The maximum atomic E-state index is 13.1. The van der Waals surface area contributed by atoms with Crippen LogP contribution in [-0.4, -0.2) is 18.3 Å². The number of anilines is 1. The number of rotatable bonds is 6. The highest BCUT2D eigenvalue weighted by Crippen LogP contribution is 2.26. The Morgan fingerprint density at radius 3 is 2.41 bits per heavy atom. The molecule has 0 amide bonds. The quantitative estimate of drug-likeness (QED) is 0.798. The van der Waals surface area contributed by atoms with Gasteiger partial charge in [-0.05, 0) is 43.5 Å². The highest BCUT2D eigenvalue weighted by atomic mass is 19.1. The Morgan fingerprint density at radius 1 is 1.29 bits per heavy atom. The van der Waals surface area contributed by atoms with Crippen molar-refractivity contribution in [1.29, 1.82) is 0 Å². The predicted octanol–water partition coefficient (Wildman–Crippen LogP) is 3.34. The number of aryl methyl sites for hydroxylation is 1. The summed E-state index contributed by atoms with van der Waals surface area (Å²) in [4.78, 5) is 0. The van der Waals surface area contributed by atoms with Crippen LogP contribution in [0.5, 0.6) is 0 Å². The lowest BCUT2D eigenvalue weighted by Crippen LogP contribution is -2.32. The molecule has 0 aromatic heterocycles. The molecule has 0 saturated heterocycles. The second-order valence-corrected chi connectivity index (χ2v) is 4.68. The Morgan fingerprint density at radius 2 is 1.94 bits per heavy atom. The standard InChI is InChI=1S/C14H22FNO/c1-4-14(5-2,10-17)9-16-12-6-7-13(15)11(3)8-12/h6-8,16-17H,4-5,9-10H2,1-3H3. The van der Waals surface area contributed by atoms with E-state index in [4.69, 9.17) is 0 Å². The first-order valence-electron chi connectivity index (χ1n) is 6.18. The van der Waals surface area contributed by atoms with E-state index in [1.54, 1.807) is 19.1 Å². The number of halogens is 1. The van der Waals surface area contributed by atoms with Crippen LogP contribution < -0.4 is 5.32 Å². The van der Waals surface area contributed by atoms with Crippen LogP contribution in [0.15, 0.2) is 18.2 Å². The summed E-state index contributed by atoms with van der Waals surface area (Å²) in [5.41, 5.74) is 1.46. The van der Waals surface area contributed by atoms with Crippen LogP contribution in [0.4, 0.5) is 10.1 Å². The molecule has 0 radical (unpaired) electrons. The van der Waals surface area contributed by atoms with Crippen LogP contribution in [0, 0.1) is 18.2 Å². The summed E-state index contributed by atoms with van der Waals surface area (Å²) in [7, 11) is 0. The third-order valence-electron chi connectivity index (χ3n) is 3.66. The third-order valence-corrected chi connectivity index (χ3v) is 3.66. The fraction of sp³-hybridized carbons (Fsp3) is 0.571. The van der Waals surface area contributed by atoms with Crippen LogP contribution >= 0.6 is 0 Å². The van der Waals surface area contributed by atoms with E-state index in [1.807, 2.05) is 0 Å². The molecule has 1 aromatic carbocycles. The van der Waals surface area contributed by atoms with E-state index in [1.165, 1.54) is 6.07 Å². The van der Waals surface area contributed by atoms with Crippen molar-refractivity contribution in [3.8, 4) is 0 Å². The van der Waals surface area contributed by atoms with Gasteiger partial charge in [0, 0.05) is 17.6 Å². The van der Waals surface area contributed by atoms with E-state index >= 15 is 0 Å². The molecule has 1 aromatic rings. The number of benzene rings is 1. The monoisotopic (exact) mass is 239 g/mol. The normalized spacial score (nSPS) is 11.6. The van der Waals surface area contributed by atoms with Crippen LogP contribution in [-0.2, 0) is 0 Å². The minimum absolute atomic E-state index is 0.0811. The fourth-order valence-corrected chi connectivity index (χ4v) is 1.82. The van der Waals surface area contributed by atoms with Gasteiger partial charge in [0.15, 0.2) is 0 Å². The van der Waals surface area contributed by atoms with Crippen LogP contribution in [0.2, 0.25) is 0 Å². The zero-order valence-electron chi connectivity index (χ0n) is 10.9. The van der Waals surface area contributed by atoms with Gasteiger partial charge in [-0.25, -0.2) is 4.39 Å². The summed E-state index contributed by atoms with van der Waals surface area (Å²) in [5.74, 6) is -0.185. The number of hydrogen-bond acceptors (Lipinski definition) is 2. The van der Waals surface area contributed by atoms with Crippen molar-refractivity contribution in [1.82, 2.24) is 0 Å². The third kappa shape index (κ3) is 3.43. The average molecular weight is 239 g/mol. The van der Waals surface area contributed by atoms with E-state index in [0.717, 1.165) is 18.5 Å². The van der Waals surface area contributed by atoms with Gasteiger partial charge in [0.05, 0.1) is 6.61 Å². The number of aliphatic hydroxyl groups is 1. The highest BCUT2D eigenvalue weighted by molar-refractivity contribution is 5.46. The average Bonchev–Trinajstić information content (AvgIpc) is 2.36. The summed E-state index contributed by atoms with van der Waals surface area (Å²) in [6.45, 7) is 6.79. The predicted molar refractivity (Wildman–Crippen MR) is 69.7 cm³/mol. The van der Waals surface area contributed by atoms with Crippen molar-refractivity contribution in [3.05, 3.63) is 29.6 Å². The van der Waals surface area contributed by atoms with Gasteiger partial charge in [-0.3, -0.25) is 0 Å². The molecule has 3 heteroatoms. The first kappa shape index (κ1) is 14.0. The molecule has 0 aliphatic rings. The lowest BCUT2D eigenvalue weighted by atomic mass is 9.83. The lowest BCUT2D eigenvalue weighted by molar-refractivity contribution is 0.127. The Balaban J connectivity index is 2.68. The molecular weight excluding hydrogens is 217 g/mol. The molecule has 2 N–H and O–H groups in total. The first-order valence-corrected chi connectivity index (χ1v) is 6.18. The van der Waals surface area contributed by atoms with Gasteiger partial charge in [0.2, 0.25) is 0 Å². The van der Waals surface area contributed by atoms with Crippen molar-refractivity contribution in [2.45, 2.75) is 33.6 Å². The number of hydrogen-bond donors (Lipinski definition) is 2. The van der Waals surface area contributed by atoms with E-state index in [9.17, 15) is 9.50 Å². The molecule has 1 rings (SSSR count). The summed E-state index contributed by atoms with van der Waals surface area (Å²) >= 11 is 0. The molecule has 0 bridgehead atoms. The molecule has 0 aliphatic heterocycles. The molecule has 0 fully saturated rings. The van der Waals surface area contributed by atoms with Crippen LogP contribution in [0.3, 0.4) is 0 Å². The molecule has 0 atom stereocenters. The van der Waals surface area contributed by atoms with Crippen molar-refractivity contribution in [2.75, 3.05) is 18.5 Å². The number of aliphatic hydroxyl groups excluding tert-OH is 1. The molecular formula is C14H22FNO. The van der Waals surface area contributed by atoms with Gasteiger partial charge in [-0.15, -0.1) is 0 Å². The zero-order valence-corrected chi connectivity index (χ0v) is 10.9. The fourth-order valence-electron chi connectivity index (χ4n) is 1.82. The van der Waals surface area contributed by atoms with E-state index in [2.05, 4.69) is 19.2 Å². The molecule has 0 aliphatic carbocycles. The Hall–Kier alpha value is -1.09. The topological polar surface area (TPSA) is 32.3 Å². The second-order valence-electron chi connectivity index (χ2n) is 4.68. The van der Waals surface area contributed by atoms with E-state index in [-0.39, 0.29) is 17.8 Å². The second kappa shape index (κ2) is 6.01. The van der Waals surface area contributed by atoms with Crippen molar-refractivity contribution in [3.63, 3.8) is 0 Å². The summed E-state index contributed by atoms with van der Waals surface area (Å²) in [6.07, 6.45) is 1.85. The van der Waals surface area contributed by atoms with Crippen molar-refractivity contribution >= 4 is 5.69 Å². The number of nitrogens with one attached hydrogen (secondary N) is 1.